The fourth-order valence-corrected chi connectivity index (χ4v) is 3.25. The molecule has 6 nitrogen and oxygen atoms in total. The number of ether oxygens (including phenoxy) is 2. The molecule has 0 bridgehead atoms. The van der Waals surface area contributed by atoms with Gasteiger partial charge in [-0.25, -0.2) is 9.97 Å². The van der Waals surface area contributed by atoms with Crippen LogP contribution >= 0.6 is 0 Å². The minimum absolute atomic E-state index is 0. The van der Waals surface area contributed by atoms with E-state index in [1.54, 1.807) is 6.20 Å². The van der Waals surface area contributed by atoms with Crippen LogP contribution in [0.25, 0.3) is 22.3 Å². The number of nitrogens with one attached hydrogen (secondary N) is 2. The molecular weight excluding hydrogens is 340 g/mol. The molecule has 0 saturated carbocycles. The smallest absolute Gasteiger partial charge is 0.161 e. The lowest BCUT2D eigenvalue weighted by Crippen LogP contribution is -2.35. The third-order valence-electron chi connectivity index (χ3n) is 4.56. The summed E-state index contributed by atoms with van der Waals surface area (Å²) in [5.74, 6) is 2.38. The van der Waals surface area contributed by atoms with Crippen LogP contribution in [0.1, 0.15) is 1.43 Å². The Balaban J connectivity index is 0.00000192. The number of fused-ring (bicyclic) bond motifs is 2. The highest BCUT2D eigenvalue weighted by molar-refractivity contribution is 5.91. The SMILES string of the molecule is [HH].c1cc(NCC2COc3ccccc3O2)nc(-c2ccnc3[nH]ccc23)c1. The molecule has 0 fully saturated rings. The van der Waals surface area contributed by atoms with Crippen molar-refractivity contribution in [2.24, 2.45) is 0 Å². The van der Waals surface area contributed by atoms with Crippen LogP contribution in [0.2, 0.25) is 0 Å². The van der Waals surface area contributed by atoms with E-state index < -0.39 is 0 Å². The molecule has 0 amide bonds. The zero-order valence-electron chi connectivity index (χ0n) is 14.6. The first-order valence-corrected chi connectivity index (χ1v) is 8.89. The van der Waals surface area contributed by atoms with Crippen LogP contribution in [0.5, 0.6) is 11.5 Å². The molecule has 27 heavy (non-hydrogen) atoms. The van der Waals surface area contributed by atoms with E-state index in [-0.39, 0.29) is 7.53 Å². The molecule has 0 aliphatic carbocycles. The van der Waals surface area contributed by atoms with Crippen molar-refractivity contribution in [3.8, 4) is 22.8 Å². The first-order chi connectivity index (χ1) is 13.4. The summed E-state index contributed by atoms with van der Waals surface area (Å²) < 4.78 is 11.7. The van der Waals surface area contributed by atoms with Crippen molar-refractivity contribution < 1.29 is 10.9 Å². The number of benzene rings is 1. The highest BCUT2D eigenvalue weighted by Crippen LogP contribution is 2.31. The molecule has 6 heteroatoms. The standard InChI is InChI=1S/C21H18N4O2.H2/c1-2-6-19-18(5-1)26-13-14(27-19)12-24-20-7-3-4-17(25-20)15-8-10-22-21-16(15)9-11-23-21;/h1-11,14H,12-13H2,(H,22,23)(H,24,25);1H. The molecule has 1 aliphatic rings. The van der Waals surface area contributed by atoms with E-state index >= 15 is 0 Å². The van der Waals surface area contributed by atoms with Crippen molar-refractivity contribution >= 4 is 16.9 Å². The largest absolute Gasteiger partial charge is 0.486 e. The van der Waals surface area contributed by atoms with Gasteiger partial charge in [0.1, 0.15) is 24.2 Å². The van der Waals surface area contributed by atoms with Crippen LogP contribution in [0.4, 0.5) is 5.82 Å². The number of aromatic amines is 1. The molecule has 0 spiro atoms. The summed E-state index contributed by atoms with van der Waals surface area (Å²) in [5, 5.41) is 4.42. The number of H-pyrrole nitrogens is 1. The zero-order valence-corrected chi connectivity index (χ0v) is 14.6. The molecule has 1 atom stereocenters. The van der Waals surface area contributed by atoms with E-state index in [9.17, 15) is 0 Å². The maximum atomic E-state index is 5.99. The van der Waals surface area contributed by atoms with Crippen LogP contribution in [0.3, 0.4) is 0 Å². The molecule has 2 N–H and O–H groups in total. The van der Waals surface area contributed by atoms with E-state index in [0.29, 0.717) is 13.2 Å². The average Bonchev–Trinajstić information content (AvgIpc) is 3.21. The van der Waals surface area contributed by atoms with Crippen molar-refractivity contribution in [2.45, 2.75) is 6.10 Å². The van der Waals surface area contributed by atoms with Crippen LogP contribution in [0, 0.1) is 0 Å². The van der Waals surface area contributed by atoms with Crippen molar-refractivity contribution in [3.63, 3.8) is 0 Å². The number of hydrogen-bond donors (Lipinski definition) is 2. The van der Waals surface area contributed by atoms with Gasteiger partial charge in [0.2, 0.25) is 0 Å². The highest BCUT2D eigenvalue weighted by atomic mass is 16.6. The Morgan fingerprint density at radius 3 is 2.96 bits per heavy atom. The van der Waals surface area contributed by atoms with E-state index in [4.69, 9.17) is 14.5 Å². The molecule has 4 heterocycles. The van der Waals surface area contributed by atoms with Gasteiger partial charge < -0.3 is 19.8 Å². The first kappa shape index (κ1) is 15.7. The Morgan fingerprint density at radius 2 is 2.00 bits per heavy atom. The number of rotatable bonds is 4. The van der Waals surface area contributed by atoms with Gasteiger partial charge in [-0.15, -0.1) is 0 Å². The monoisotopic (exact) mass is 360 g/mol. The summed E-state index contributed by atoms with van der Waals surface area (Å²) >= 11 is 0. The predicted molar refractivity (Wildman–Crippen MR) is 106 cm³/mol. The van der Waals surface area contributed by atoms with Gasteiger partial charge in [-0.1, -0.05) is 18.2 Å². The summed E-state index contributed by atoms with van der Waals surface area (Å²) in [5.41, 5.74) is 2.81. The molecule has 1 aliphatic heterocycles. The second-order valence-corrected chi connectivity index (χ2v) is 6.39. The van der Waals surface area contributed by atoms with Crippen molar-refractivity contribution in [2.75, 3.05) is 18.5 Å². The minimum Gasteiger partial charge on any atom is -0.486 e. The van der Waals surface area contributed by atoms with E-state index in [1.807, 2.05) is 60.8 Å². The van der Waals surface area contributed by atoms with Gasteiger partial charge >= 0.3 is 0 Å². The lowest BCUT2D eigenvalue weighted by Gasteiger charge is -2.26. The third kappa shape index (κ3) is 3.06. The molecule has 4 aromatic rings. The Hall–Kier alpha value is -3.54. The van der Waals surface area contributed by atoms with E-state index in [2.05, 4.69) is 15.3 Å². The lowest BCUT2D eigenvalue weighted by molar-refractivity contribution is 0.0997. The van der Waals surface area contributed by atoms with Gasteiger partial charge in [0, 0.05) is 24.8 Å². The van der Waals surface area contributed by atoms with Crippen molar-refractivity contribution in [1.82, 2.24) is 15.0 Å². The van der Waals surface area contributed by atoms with Gasteiger partial charge in [0.25, 0.3) is 0 Å². The third-order valence-corrected chi connectivity index (χ3v) is 4.56. The molecule has 5 rings (SSSR count). The van der Waals surface area contributed by atoms with Crippen LogP contribution in [-0.4, -0.2) is 34.2 Å². The zero-order chi connectivity index (χ0) is 18.1. The Morgan fingerprint density at radius 1 is 1.07 bits per heavy atom. The maximum Gasteiger partial charge on any atom is 0.161 e. The molecule has 1 unspecified atom stereocenters. The molecule has 0 radical (unpaired) electrons. The van der Waals surface area contributed by atoms with Gasteiger partial charge in [0.15, 0.2) is 11.5 Å². The number of anilines is 1. The molecular formula is C21H20N4O2. The van der Waals surface area contributed by atoms with Gasteiger partial charge in [-0.3, -0.25) is 0 Å². The lowest BCUT2D eigenvalue weighted by atomic mass is 10.1. The summed E-state index contributed by atoms with van der Waals surface area (Å²) in [6.45, 7) is 1.12. The first-order valence-electron chi connectivity index (χ1n) is 8.89. The number of para-hydroxylation sites is 2. The Labute approximate surface area is 157 Å². The fraction of sp³-hybridized carbons (Fsp3) is 0.143. The highest BCUT2D eigenvalue weighted by Gasteiger charge is 2.20. The van der Waals surface area contributed by atoms with Crippen LogP contribution < -0.4 is 14.8 Å². The maximum absolute atomic E-state index is 5.99. The van der Waals surface area contributed by atoms with E-state index in [0.717, 1.165) is 39.6 Å². The van der Waals surface area contributed by atoms with Crippen LogP contribution in [-0.2, 0) is 0 Å². The van der Waals surface area contributed by atoms with Gasteiger partial charge in [0.05, 0.1) is 12.2 Å². The van der Waals surface area contributed by atoms with Crippen molar-refractivity contribution in [1.29, 1.82) is 0 Å². The Bertz CT molecular complexity index is 1100. The van der Waals surface area contributed by atoms with Gasteiger partial charge in [-0.2, -0.15) is 0 Å². The van der Waals surface area contributed by atoms with E-state index in [1.165, 1.54) is 0 Å². The minimum atomic E-state index is -0.0670. The topological polar surface area (TPSA) is 72.1 Å². The molecule has 136 valence electrons. The molecule has 1 aromatic carbocycles. The molecule has 0 saturated heterocycles. The second kappa shape index (κ2) is 6.64. The quantitative estimate of drug-likeness (QED) is 0.573. The average molecular weight is 360 g/mol. The number of nitrogens with zero attached hydrogens (tertiary/aromatic N) is 2. The normalized spacial score (nSPS) is 15.6. The number of hydrogen-bond acceptors (Lipinski definition) is 5. The summed E-state index contributed by atoms with van der Waals surface area (Å²) in [7, 11) is 0. The number of pyridine rings is 2. The fourth-order valence-electron chi connectivity index (χ4n) is 3.25. The van der Waals surface area contributed by atoms with Crippen LogP contribution in [0.15, 0.2) is 67.0 Å². The van der Waals surface area contributed by atoms with Crippen molar-refractivity contribution in [3.05, 3.63) is 67.0 Å². The second-order valence-electron chi connectivity index (χ2n) is 6.39. The predicted octanol–water partition coefficient (Wildman–Crippen LogP) is 4.12. The molecule has 3 aromatic heterocycles. The Kier molecular flexibility index (Phi) is 3.86. The number of aromatic nitrogens is 3. The summed E-state index contributed by atoms with van der Waals surface area (Å²) in [6, 6.07) is 17.7. The summed E-state index contributed by atoms with van der Waals surface area (Å²) in [4.78, 5) is 12.2. The summed E-state index contributed by atoms with van der Waals surface area (Å²) in [6.07, 6.45) is 3.62. The van der Waals surface area contributed by atoms with Gasteiger partial charge in [-0.05, 0) is 36.4 Å².